The Labute approximate surface area is 132 Å². The quantitative estimate of drug-likeness (QED) is 0.900. The summed E-state index contributed by atoms with van der Waals surface area (Å²) in [5, 5.41) is 11.7. The number of aryl methyl sites for hydroxylation is 1. The van der Waals surface area contributed by atoms with Gasteiger partial charge in [-0.05, 0) is 43.7 Å². The first-order valence-corrected chi connectivity index (χ1v) is 8.04. The highest BCUT2D eigenvalue weighted by Gasteiger charge is 2.16. The number of nitrogens with zero attached hydrogens (tertiary/aromatic N) is 3. The molecule has 0 fully saturated rings. The second-order valence-electron chi connectivity index (χ2n) is 5.21. The fraction of sp³-hybridized carbons (Fsp3) is 0.467. The molecule has 21 heavy (non-hydrogen) atoms. The van der Waals surface area contributed by atoms with Crippen molar-refractivity contribution >= 4 is 15.9 Å². The first-order chi connectivity index (χ1) is 10.3. The maximum absolute atomic E-state index is 5.89. The lowest BCUT2D eigenvalue weighted by molar-refractivity contribution is 0.286. The summed E-state index contributed by atoms with van der Waals surface area (Å²) in [7, 11) is 1.93. The summed E-state index contributed by atoms with van der Waals surface area (Å²) < 4.78 is 9.16. The van der Waals surface area contributed by atoms with Crippen LogP contribution >= 0.6 is 15.9 Å². The Hall–Kier alpha value is -1.40. The van der Waals surface area contributed by atoms with Gasteiger partial charge in [-0.3, -0.25) is 0 Å². The Bertz CT molecular complexity index is 626. The minimum Gasteiger partial charge on any atom is -0.486 e. The van der Waals surface area contributed by atoms with E-state index >= 15 is 0 Å². The van der Waals surface area contributed by atoms with Crippen molar-refractivity contribution in [2.75, 3.05) is 7.05 Å². The van der Waals surface area contributed by atoms with Gasteiger partial charge in [-0.2, -0.15) is 0 Å². The third-order valence-electron chi connectivity index (χ3n) is 3.69. The minimum atomic E-state index is 0.466. The molecular formula is C15H19BrN4O. The molecule has 0 bridgehead atoms. The monoisotopic (exact) mass is 350 g/mol. The number of benzene rings is 1. The normalized spacial score (nSPS) is 14.0. The topological polar surface area (TPSA) is 52.0 Å². The number of ether oxygens (including phenoxy) is 1. The molecular weight excluding hydrogens is 332 g/mol. The highest BCUT2D eigenvalue weighted by molar-refractivity contribution is 9.10. The van der Waals surface area contributed by atoms with Crippen LogP contribution in [-0.4, -0.2) is 21.8 Å². The Balaban J connectivity index is 1.70. The molecule has 0 spiro atoms. The summed E-state index contributed by atoms with van der Waals surface area (Å²) in [6.45, 7) is 2.28. The van der Waals surface area contributed by atoms with Gasteiger partial charge in [-0.25, -0.2) is 0 Å². The zero-order valence-corrected chi connectivity index (χ0v) is 13.7. The van der Waals surface area contributed by atoms with E-state index in [1.54, 1.807) is 0 Å². The van der Waals surface area contributed by atoms with E-state index in [-0.39, 0.29) is 0 Å². The van der Waals surface area contributed by atoms with E-state index in [1.807, 2.05) is 25.2 Å². The number of halogens is 1. The highest BCUT2D eigenvalue weighted by Crippen LogP contribution is 2.23. The third kappa shape index (κ3) is 3.27. The van der Waals surface area contributed by atoms with Crippen molar-refractivity contribution in [3.05, 3.63) is 39.9 Å². The summed E-state index contributed by atoms with van der Waals surface area (Å²) in [6.07, 6.45) is 3.43. The van der Waals surface area contributed by atoms with Gasteiger partial charge in [0.25, 0.3) is 0 Å². The summed E-state index contributed by atoms with van der Waals surface area (Å²) >= 11 is 3.55. The first kappa shape index (κ1) is 14.5. The highest BCUT2D eigenvalue weighted by atomic mass is 79.9. The van der Waals surface area contributed by atoms with Gasteiger partial charge in [0, 0.05) is 24.0 Å². The second-order valence-corrected chi connectivity index (χ2v) is 6.07. The largest absolute Gasteiger partial charge is 0.486 e. The Kier molecular flexibility index (Phi) is 4.55. The fourth-order valence-corrected chi connectivity index (χ4v) is 2.98. The molecule has 1 aliphatic rings. The molecule has 1 aliphatic heterocycles. The van der Waals surface area contributed by atoms with Crippen molar-refractivity contribution in [3.63, 3.8) is 0 Å². The summed E-state index contributed by atoms with van der Waals surface area (Å²) in [5.74, 6) is 2.87. The standard InChI is InChI=1S/C15H19BrN4O/c1-17-9-11-8-12(5-6-13(11)16)21-10-15-19-18-14-4-2-3-7-20(14)15/h5-6,8,17H,2-4,7,9-10H2,1H3. The molecule has 2 heterocycles. The lowest BCUT2D eigenvalue weighted by atomic mass is 10.2. The van der Waals surface area contributed by atoms with Crippen molar-refractivity contribution in [2.45, 2.75) is 39.0 Å². The average molecular weight is 351 g/mol. The van der Waals surface area contributed by atoms with Crippen LogP contribution in [-0.2, 0) is 26.1 Å². The molecule has 0 saturated carbocycles. The zero-order valence-electron chi connectivity index (χ0n) is 12.1. The average Bonchev–Trinajstić information content (AvgIpc) is 2.92. The van der Waals surface area contributed by atoms with E-state index in [1.165, 1.54) is 18.4 Å². The van der Waals surface area contributed by atoms with Crippen LogP contribution in [0.3, 0.4) is 0 Å². The number of rotatable bonds is 5. The predicted molar refractivity (Wildman–Crippen MR) is 84.2 cm³/mol. The maximum Gasteiger partial charge on any atom is 0.171 e. The summed E-state index contributed by atoms with van der Waals surface area (Å²) in [5.41, 5.74) is 1.18. The molecule has 112 valence electrons. The molecule has 3 rings (SSSR count). The molecule has 0 radical (unpaired) electrons. The number of nitrogens with one attached hydrogen (secondary N) is 1. The molecule has 1 aromatic carbocycles. The van der Waals surface area contributed by atoms with Gasteiger partial charge in [0.2, 0.25) is 0 Å². The molecule has 1 N–H and O–H groups in total. The fourth-order valence-electron chi connectivity index (χ4n) is 2.59. The molecule has 0 amide bonds. The molecule has 2 aromatic rings. The predicted octanol–water partition coefficient (Wildman–Crippen LogP) is 2.68. The van der Waals surface area contributed by atoms with Gasteiger partial charge in [0.1, 0.15) is 18.2 Å². The van der Waals surface area contributed by atoms with Crippen LogP contribution in [0.2, 0.25) is 0 Å². The number of hydrogen-bond donors (Lipinski definition) is 1. The lowest BCUT2D eigenvalue weighted by Crippen LogP contribution is -2.14. The van der Waals surface area contributed by atoms with Gasteiger partial charge in [-0.1, -0.05) is 15.9 Å². The van der Waals surface area contributed by atoms with Crippen LogP contribution < -0.4 is 10.1 Å². The molecule has 0 unspecified atom stereocenters. The van der Waals surface area contributed by atoms with Gasteiger partial charge in [-0.15, -0.1) is 10.2 Å². The van der Waals surface area contributed by atoms with Gasteiger partial charge >= 0.3 is 0 Å². The summed E-state index contributed by atoms with van der Waals surface area (Å²) in [6, 6.07) is 6.03. The van der Waals surface area contributed by atoms with E-state index in [4.69, 9.17) is 4.74 Å². The van der Waals surface area contributed by atoms with Crippen molar-refractivity contribution in [1.82, 2.24) is 20.1 Å². The van der Waals surface area contributed by atoms with E-state index in [0.29, 0.717) is 6.61 Å². The van der Waals surface area contributed by atoms with Gasteiger partial charge < -0.3 is 14.6 Å². The maximum atomic E-state index is 5.89. The van der Waals surface area contributed by atoms with Crippen LogP contribution in [0, 0.1) is 0 Å². The third-order valence-corrected chi connectivity index (χ3v) is 4.46. The van der Waals surface area contributed by atoms with Crippen LogP contribution in [0.25, 0.3) is 0 Å². The minimum absolute atomic E-state index is 0.466. The van der Waals surface area contributed by atoms with Crippen molar-refractivity contribution in [3.8, 4) is 5.75 Å². The number of fused-ring (bicyclic) bond motifs is 1. The van der Waals surface area contributed by atoms with Crippen LogP contribution in [0.5, 0.6) is 5.75 Å². The SMILES string of the molecule is CNCc1cc(OCc2nnc3n2CCCC3)ccc1Br. The zero-order chi connectivity index (χ0) is 14.7. The van der Waals surface area contributed by atoms with E-state index in [2.05, 4.69) is 36.0 Å². The smallest absolute Gasteiger partial charge is 0.171 e. The van der Waals surface area contributed by atoms with Crippen LogP contribution in [0.15, 0.2) is 22.7 Å². The molecule has 0 atom stereocenters. The van der Waals surface area contributed by atoms with Crippen molar-refractivity contribution in [1.29, 1.82) is 0 Å². The van der Waals surface area contributed by atoms with Crippen molar-refractivity contribution in [2.24, 2.45) is 0 Å². The summed E-state index contributed by atoms with van der Waals surface area (Å²) in [4.78, 5) is 0. The van der Waals surface area contributed by atoms with Crippen LogP contribution in [0.4, 0.5) is 0 Å². The van der Waals surface area contributed by atoms with Gasteiger partial charge in [0.05, 0.1) is 0 Å². The van der Waals surface area contributed by atoms with Gasteiger partial charge in [0.15, 0.2) is 5.82 Å². The second kappa shape index (κ2) is 6.58. The first-order valence-electron chi connectivity index (χ1n) is 7.24. The van der Waals surface area contributed by atoms with Crippen molar-refractivity contribution < 1.29 is 4.74 Å². The molecule has 6 heteroatoms. The van der Waals surface area contributed by atoms with Crippen LogP contribution in [0.1, 0.15) is 30.1 Å². The Morgan fingerprint density at radius 3 is 3.10 bits per heavy atom. The van der Waals surface area contributed by atoms with E-state index < -0.39 is 0 Å². The number of hydrogen-bond acceptors (Lipinski definition) is 4. The lowest BCUT2D eigenvalue weighted by Gasteiger charge is -2.15. The van der Waals surface area contributed by atoms with E-state index in [0.717, 1.165) is 41.4 Å². The molecule has 1 aromatic heterocycles. The molecule has 0 aliphatic carbocycles. The molecule has 0 saturated heterocycles. The molecule has 5 nitrogen and oxygen atoms in total. The van der Waals surface area contributed by atoms with E-state index in [9.17, 15) is 0 Å². The Morgan fingerprint density at radius 2 is 2.24 bits per heavy atom. The number of aromatic nitrogens is 3. The Morgan fingerprint density at radius 1 is 1.33 bits per heavy atom.